The van der Waals surface area contributed by atoms with Gasteiger partial charge in [0.2, 0.25) is 0 Å². The van der Waals surface area contributed by atoms with E-state index in [-0.39, 0.29) is 5.91 Å². The quantitative estimate of drug-likeness (QED) is 0.396. The van der Waals surface area contributed by atoms with Gasteiger partial charge in [-0.3, -0.25) is 14.7 Å². The fourth-order valence-corrected chi connectivity index (χ4v) is 4.81. The summed E-state index contributed by atoms with van der Waals surface area (Å²) in [7, 11) is 0. The van der Waals surface area contributed by atoms with Gasteiger partial charge in [0.1, 0.15) is 12.4 Å². The number of nitrogens with zero attached hydrogens (tertiary/aromatic N) is 2. The molecule has 0 spiro atoms. The lowest BCUT2D eigenvalue weighted by Crippen LogP contribution is -2.25. The van der Waals surface area contributed by atoms with E-state index in [1.54, 1.807) is 6.20 Å². The van der Waals surface area contributed by atoms with Crippen molar-refractivity contribution < 1.29 is 9.53 Å². The molecule has 1 fully saturated rings. The Hall–Kier alpha value is -3.90. The Labute approximate surface area is 198 Å². The van der Waals surface area contributed by atoms with Crippen molar-refractivity contribution in [3.63, 3.8) is 0 Å². The van der Waals surface area contributed by atoms with Crippen LogP contribution in [0.3, 0.4) is 0 Å². The van der Waals surface area contributed by atoms with Crippen LogP contribution in [-0.2, 0) is 4.79 Å². The summed E-state index contributed by atoms with van der Waals surface area (Å²) in [5.74, 6) is 0.778. The van der Waals surface area contributed by atoms with Crippen LogP contribution in [0.4, 0.5) is 5.69 Å². The Morgan fingerprint density at radius 2 is 1.94 bits per heavy atom. The van der Waals surface area contributed by atoms with Gasteiger partial charge in [-0.25, -0.2) is 0 Å². The van der Waals surface area contributed by atoms with Gasteiger partial charge in [-0.2, -0.15) is 0 Å². The standard InChI is InChI=1S/C28H26N4O2/c33-28-25(24-7-5-19(16-27(24)31-28)20-4-3-9-29-18-20)17-22-14-21-15-23(6-8-26(21)30-22)34-13-12-32-10-1-2-11-32/h3-9,14-18,30H,1-2,10-13H2,(H,31,33)/b25-17-. The van der Waals surface area contributed by atoms with E-state index in [0.29, 0.717) is 12.2 Å². The lowest BCUT2D eigenvalue weighted by molar-refractivity contribution is -0.110. The van der Waals surface area contributed by atoms with Crippen molar-refractivity contribution in [2.75, 3.05) is 31.6 Å². The number of carbonyl (C=O) groups is 1. The number of nitrogens with one attached hydrogen (secondary N) is 2. The first kappa shape index (κ1) is 20.7. The Kier molecular flexibility index (Phi) is 5.35. The van der Waals surface area contributed by atoms with E-state index in [1.165, 1.54) is 25.9 Å². The molecule has 2 N–H and O–H groups in total. The van der Waals surface area contributed by atoms with Gasteiger partial charge in [-0.05, 0) is 74.0 Å². The number of pyridine rings is 1. The van der Waals surface area contributed by atoms with E-state index in [2.05, 4.69) is 32.3 Å². The number of aromatic amines is 1. The minimum absolute atomic E-state index is 0.0945. The molecule has 6 rings (SSSR count). The number of aromatic nitrogens is 2. The molecule has 2 aromatic carbocycles. The number of amides is 1. The Balaban J connectivity index is 1.22. The topological polar surface area (TPSA) is 70.2 Å². The summed E-state index contributed by atoms with van der Waals surface area (Å²) < 4.78 is 5.99. The first-order valence-electron chi connectivity index (χ1n) is 11.8. The first-order valence-corrected chi connectivity index (χ1v) is 11.8. The molecule has 0 bridgehead atoms. The largest absolute Gasteiger partial charge is 0.492 e. The number of likely N-dealkylation sites (tertiary alicyclic amines) is 1. The molecule has 2 aromatic heterocycles. The van der Waals surface area contributed by atoms with Crippen molar-refractivity contribution in [2.24, 2.45) is 0 Å². The molecule has 2 aliphatic heterocycles. The highest BCUT2D eigenvalue weighted by Gasteiger charge is 2.24. The van der Waals surface area contributed by atoms with Gasteiger partial charge in [0.05, 0.1) is 5.57 Å². The number of anilines is 1. The number of ether oxygens (including phenoxy) is 1. The SMILES string of the molecule is O=C1Nc2cc(-c3cccnc3)ccc2/C1=C/c1cc2cc(OCCN3CCCC3)ccc2[nH]1. The molecule has 6 nitrogen and oxygen atoms in total. The number of fused-ring (bicyclic) bond motifs is 2. The Morgan fingerprint density at radius 3 is 2.79 bits per heavy atom. The highest BCUT2D eigenvalue weighted by atomic mass is 16.5. The van der Waals surface area contributed by atoms with Crippen LogP contribution in [0.1, 0.15) is 24.1 Å². The van der Waals surface area contributed by atoms with E-state index in [4.69, 9.17) is 4.74 Å². The molecule has 1 amide bonds. The van der Waals surface area contributed by atoms with Crippen LogP contribution in [0.2, 0.25) is 0 Å². The van der Waals surface area contributed by atoms with E-state index in [1.807, 2.05) is 54.7 Å². The maximum Gasteiger partial charge on any atom is 0.256 e. The minimum Gasteiger partial charge on any atom is -0.492 e. The van der Waals surface area contributed by atoms with Crippen LogP contribution >= 0.6 is 0 Å². The molecule has 1 saturated heterocycles. The molecule has 34 heavy (non-hydrogen) atoms. The van der Waals surface area contributed by atoms with Crippen LogP contribution < -0.4 is 10.1 Å². The van der Waals surface area contributed by atoms with Gasteiger partial charge in [0.15, 0.2) is 0 Å². The zero-order valence-electron chi connectivity index (χ0n) is 18.9. The molecule has 170 valence electrons. The number of H-pyrrole nitrogens is 1. The Bertz CT molecular complexity index is 1380. The van der Waals surface area contributed by atoms with E-state index >= 15 is 0 Å². The zero-order valence-corrected chi connectivity index (χ0v) is 18.9. The molecular formula is C28H26N4O2. The van der Waals surface area contributed by atoms with E-state index in [9.17, 15) is 4.79 Å². The summed E-state index contributed by atoms with van der Waals surface area (Å²) >= 11 is 0. The Morgan fingerprint density at radius 1 is 1.03 bits per heavy atom. The molecule has 4 heterocycles. The highest BCUT2D eigenvalue weighted by molar-refractivity contribution is 6.35. The van der Waals surface area contributed by atoms with Crippen molar-refractivity contribution in [1.29, 1.82) is 0 Å². The van der Waals surface area contributed by atoms with Crippen molar-refractivity contribution in [3.8, 4) is 16.9 Å². The summed E-state index contributed by atoms with van der Waals surface area (Å²) in [4.78, 5) is 22.8. The fraction of sp³-hybridized carbons (Fsp3) is 0.214. The molecule has 4 aromatic rings. The van der Waals surface area contributed by atoms with Gasteiger partial charge < -0.3 is 15.0 Å². The second-order valence-corrected chi connectivity index (χ2v) is 8.89. The third-order valence-corrected chi connectivity index (χ3v) is 6.59. The molecular weight excluding hydrogens is 424 g/mol. The van der Waals surface area contributed by atoms with E-state index < -0.39 is 0 Å². The normalized spacial score (nSPS) is 16.8. The average molecular weight is 451 g/mol. The van der Waals surface area contributed by atoms with Crippen LogP contribution in [0.15, 0.2) is 67.0 Å². The van der Waals surface area contributed by atoms with E-state index in [0.717, 1.165) is 51.3 Å². The first-order chi connectivity index (χ1) is 16.7. The molecule has 0 radical (unpaired) electrons. The lowest BCUT2D eigenvalue weighted by Gasteiger charge is -2.14. The molecule has 0 saturated carbocycles. The summed E-state index contributed by atoms with van der Waals surface area (Å²) in [5, 5.41) is 4.07. The smallest absolute Gasteiger partial charge is 0.256 e. The van der Waals surface area contributed by atoms with Crippen LogP contribution in [-0.4, -0.2) is 47.0 Å². The monoisotopic (exact) mass is 450 g/mol. The number of hydrogen-bond acceptors (Lipinski definition) is 4. The highest BCUT2D eigenvalue weighted by Crippen LogP contribution is 2.36. The molecule has 0 unspecified atom stereocenters. The second-order valence-electron chi connectivity index (χ2n) is 8.89. The van der Waals surface area contributed by atoms with Crippen LogP contribution in [0.25, 0.3) is 33.7 Å². The molecule has 0 aliphatic carbocycles. The number of carbonyl (C=O) groups excluding carboxylic acids is 1. The van der Waals surface area contributed by atoms with Crippen molar-refractivity contribution in [3.05, 3.63) is 78.2 Å². The summed E-state index contributed by atoms with van der Waals surface area (Å²) in [6.07, 6.45) is 8.08. The summed E-state index contributed by atoms with van der Waals surface area (Å²) in [6.45, 7) is 4.03. The second kappa shape index (κ2) is 8.80. The van der Waals surface area contributed by atoms with Crippen molar-refractivity contribution in [2.45, 2.75) is 12.8 Å². The molecule has 0 atom stereocenters. The van der Waals surface area contributed by atoms with Crippen LogP contribution in [0, 0.1) is 0 Å². The predicted molar refractivity (Wildman–Crippen MR) is 136 cm³/mol. The molecule has 6 heteroatoms. The van der Waals surface area contributed by atoms with Gasteiger partial charge in [0, 0.05) is 52.3 Å². The van der Waals surface area contributed by atoms with Gasteiger partial charge in [0.25, 0.3) is 5.91 Å². The van der Waals surface area contributed by atoms with Crippen molar-refractivity contribution >= 4 is 34.1 Å². The van der Waals surface area contributed by atoms with Gasteiger partial charge in [-0.1, -0.05) is 18.2 Å². The maximum atomic E-state index is 12.8. The summed E-state index contributed by atoms with van der Waals surface area (Å²) in [5.41, 5.74) is 6.33. The number of rotatable bonds is 6. The minimum atomic E-state index is -0.0945. The number of hydrogen-bond donors (Lipinski definition) is 2. The third-order valence-electron chi connectivity index (χ3n) is 6.59. The van der Waals surface area contributed by atoms with Gasteiger partial charge >= 0.3 is 0 Å². The lowest BCUT2D eigenvalue weighted by atomic mass is 10.0. The zero-order chi connectivity index (χ0) is 22.9. The molecule has 2 aliphatic rings. The maximum absolute atomic E-state index is 12.8. The number of benzene rings is 2. The summed E-state index contributed by atoms with van der Waals surface area (Å²) in [6, 6.07) is 18.1. The van der Waals surface area contributed by atoms with Crippen molar-refractivity contribution in [1.82, 2.24) is 14.9 Å². The fourth-order valence-electron chi connectivity index (χ4n) is 4.81. The van der Waals surface area contributed by atoms with Gasteiger partial charge in [-0.15, -0.1) is 0 Å². The van der Waals surface area contributed by atoms with Crippen LogP contribution in [0.5, 0.6) is 5.75 Å². The average Bonchev–Trinajstić information content (AvgIpc) is 3.59. The third kappa shape index (κ3) is 4.08. The predicted octanol–water partition coefficient (Wildman–Crippen LogP) is 5.20.